The van der Waals surface area contributed by atoms with E-state index in [4.69, 9.17) is 5.73 Å². The van der Waals surface area contributed by atoms with Crippen molar-refractivity contribution in [1.29, 1.82) is 0 Å². The van der Waals surface area contributed by atoms with Crippen molar-refractivity contribution in [3.05, 3.63) is 23.5 Å². The summed E-state index contributed by atoms with van der Waals surface area (Å²) in [5, 5.41) is 7.98. The number of nitrogens with one attached hydrogen (secondary N) is 1. The third-order valence-corrected chi connectivity index (χ3v) is 2.26. The molecule has 0 saturated carbocycles. The van der Waals surface area contributed by atoms with Gasteiger partial charge in [0.05, 0.1) is 0 Å². The van der Waals surface area contributed by atoms with Gasteiger partial charge >= 0.3 is 0 Å². The SMILES string of the molecule is Cc1[nH]nc2ncc(C#CC[C@H](C)N)cc12. The maximum Gasteiger partial charge on any atom is 0.181 e. The Morgan fingerprint density at radius 3 is 3.12 bits per heavy atom. The topological polar surface area (TPSA) is 67.6 Å². The molecule has 82 valence electrons. The average Bonchev–Trinajstić information content (AvgIpc) is 2.60. The van der Waals surface area contributed by atoms with Crippen LogP contribution in [0.4, 0.5) is 0 Å². The Morgan fingerprint density at radius 2 is 2.38 bits per heavy atom. The molecule has 0 aliphatic heterocycles. The molecule has 2 aromatic heterocycles. The van der Waals surface area contributed by atoms with Crippen LogP contribution < -0.4 is 5.73 Å². The van der Waals surface area contributed by atoms with Crippen LogP contribution in [0.15, 0.2) is 12.3 Å². The van der Waals surface area contributed by atoms with E-state index in [0.29, 0.717) is 6.42 Å². The van der Waals surface area contributed by atoms with Crippen molar-refractivity contribution in [1.82, 2.24) is 15.2 Å². The third kappa shape index (κ3) is 2.20. The first kappa shape index (κ1) is 10.7. The largest absolute Gasteiger partial charge is 0.327 e. The van der Waals surface area contributed by atoms with Crippen molar-refractivity contribution in [2.24, 2.45) is 5.73 Å². The van der Waals surface area contributed by atoms with Crippen LogP contribution in [-0.4, -0.2) is 21.2 Å². The summed E-state index contributed by atoms with van der Waals surface area (Å²) in [6, 6.07) is 2.11. The highest BCUT2D eigenvalue weighted by molar-refractivity contribution is 5.78. The second-order valence-corrected chi connectivity index (χ2v) is 3.93. The van der Waals surface area contributed by atoms with Gasteiger partial charge in [0.2, 0.25) is 0 Å². The van der Waals surface area contributed by atoms with E-state index >= 15 is 0 Å². The molecule has 0 saturated heterocycles. The third-order valence-electron chi connectivity index (χ3n) is 2.26. The van der Waals surface area contributed by atoms with Crippen molar-refractivity contribution in [2.45, 2.75) is 26.3 Å². The Labute approximate surface area is 94.3 Å². The minimum Gasteiger partial charge on any atom is -0.327 e. The summed E-state index contributed by atoms with van der Waals surface area (Å²) in [5.41, 5.74) is 8.27. The van der Waals surface area contributed by atoms with Gasteiger partial charge in [0.15, 0.2) is 5.65 Å². The van der Waals surface area contributed by atoms with E-state index in [1.165, 1.54) is 0 Å². The quantitative estimate of drug-likeness (QED) is 0.704. The fraction of sp³-hybridized carbons (Fsp3) is 0.333. The molecule has 4 heteroatoms. The number of nitrogens with two attached hydrogens (primary N) is 1. The van der Waals surface area contributed by atoms with E-state index in [2.05, 4.69) is 27.0 Å². The van der Waals surface area contributed by atoms with Crippen LogP contribution in [0.3, 0.4) is 0 Å². The van der Waals surface area contributed by atoms with Gasteiger partial charge in [0.25, 0.3) is 0 Å². The maximum atomic E-state index is 5.62. The van der Waals surface area contributed by atoms with Crippen LogP contribution in [0.2, 0.25) is 0 Å². The lowest BCUT2D eigenvalue weighted by Gasteiger charge is -1.94. The van der Waals surface area contributed by atoms with Gasteiger partial charge in [-0.2, -0.15) is 5.10 Å². The predicted octanol–water partition coefficient (Wildman–Crippen LogP) is 1.36. The number of nitrogens with zero attached hydrogens (tertiary/aromatic N) is 2. The highest BCUT2D eigenvalue weighted by atomic mass is 15.1. The second kappa shape index (κ2) is 4.33. The van der Waals surface area contributed by atoms with E-state index in [9.17, 15) is 0 Å². The molecule has 0 fully saturated rings. The fourth-order valence-corrected chi connectivity index (χ4v) is 1.40. The molecule has 2 rings (SSSR count). The van der Waals surface area contributed by atoms with Gasteiger partial charge in [-0.3, -0.25) is 5.10 Å². The molecule has 1 atom stereocenters. The Bertz CT molecular complexity index is 557. The van der Waals surface area contributed by atoms with Crippen LogP contribution in [-0.2, 0) is 0 Å². The molecule has 0 bridgehead atoms. The molecule has 3 N–H and O–H groups in total. The summed E-state index contributed by atoms with van der Waals surface area (Å²) >= 11 is 0. The van der Waals surface area contributed by atoms with Crippen LogP contribution in [0.1, 0.15) is 24.6 Å². The van der Waals surface area contributed by atoms with Gasteiger partial charge in [-0.05, 0) is 19.9 Å². The number of H-pyrrole nitrogens is 1. The molecule has 2 aromatic rings. The lowest BCUT2D eigenvalue weighted by molar-refractivity contribution is 0.771. The van der Waals surface area contributed by atoms with Crippen molar-refractivity contribution in [2.75, 3.05) is 0 Å². The molecule has 0 aromatic carbocycles. The van der Waals surface area contributed by atoms with Crippen LogP contribution in [0.5, 0.6) is 0 Å². The van der Waals surface area contributed by atoms with Crippen molar-refractivity contribution < 1.29 is 0 Å². The molecule has 0 unspecified atom stereocenters. The van der Waals surface area contributed by atoms with Crippen molar-refractivity contribution >= 4 is 11.0 Å². The number of aromatic nitrogens is 3. The van der Waals surface area contributed by atoms with Gasteiger partial charge < -0.3 is 5.73 Å². The first-order valence-corrected chi connectivity index (χ1v) is 5.22. The van der Waals surface area contributed by atoms with E-state index in [1.54, 1.807) is 6.20 Å². The Balaban J connectivity index is 2.30. The minimum absolute atomic E-state index is 0.111. The zero-order valence-corrected chi connectivity index (χ0v) is 9.41. The Morgan fingerprint density at radius 1 is 1.56 bits per heavy atom. The number of pyridine rings is 1. The number of hydrogen-bond donors (Lipinski definition) is 2. The highest BCUT2D eigenvalue weighted by Crippen LogP contribution is 2.13. The molecular weight excluding hydrogens is 200 g/mol. The zero-order valence-electron chi connectivity index (χ0n) is 9.41. The monoisotopic (exact) mass is 214 g/mol. The van der Waals surface area contributed by atoms with Crippen LogP contribution in [0.25, 0.3) is 11.0 Å². The molecule has 0 radical (unpaired) electrons. The molecule has 16 heavy (non-hydrogen) atoms. The van der Waals surface area contributed by atoms with Gasteiger partial charge in [0, 0.05) is 35.3 Å². The first-order valence-electron chi connectivity index (χ1n) is 5.22. The maximum absolute atomic E-state index is 5.62. The van der Waals surface area contributed by atoms with Crippen molar-refractivity contribution in [3.63, 3.8) is 0 Å². The van der Waals surface area contributed by atoms with Gasteiger partial charge in [0.1, 0.15) is 0 Å². The summed E-state index contributed by atoms with van der Waals surface area (Å²) in [7, 11) is 0. The highest BCUT2D eigenvalue weighted by Gasteiger charge is 2.02. The van der Waals surface area contributed by atoms with E-state index < -0.39 is 0 Å². The molecule has 0 aliphatic rings. The molecule has 4 nitrogen and oxygen atoms in total. The molecule has 0 aliphatic carbocycles. The smallest absolute Gasteiger partial charge is 0.181 e. The fourth-order valence-electron chi connectivity index (χ4n) is 1.40. The van der Waals surface area contributed by atoms with Gasteiger partial charge in [-0.1, -0.05) is 11.8 Å². The molecule has 0 amide bonds. The van der Waals surface area contributed by atoms with E-state index in [0.717, 1.165) is 22.3 Å². The Hall–Kier alpha value is -1.86. The Kier molecular flexibility index (Phi) is 2.88. The summed E-state index contributed by atoms with van der Waals surface area (Å²) in [4.78, 5) is 4.22. The standard InChI is InChI=1S/C12H14N4/c1-8(13)4-3-5-10-6-11-9(2)15-16-12(11)14-7-10/h6-8H,4,13H2,1-2H3,(H,14,15,16)/t8-/m0/s1. The lowest BCUT2D eigenvalue weighted by Crippen LogP contribution is -2.12. The number of fused-ring (bicyclic) bond motifs is 1. The molecule has 2 heterocycles. The lowest BCUT2D eigenvalue weighted by atomic mass is 10.2. The van der Waals surface area contributed by atoms with Crippen molar-refractivity contribution in [3.8, 4) is 11.8 Å². The van der Waals surface area contributed by atoms with Crippen LogP contribution >= 0.6 is 0 Å². The first-order chi connectivity index (χ1) is 7.66. The number of hydrogen-bond acceptors (Lipinski definition) is 3. The number of aryl methyl sites for hydroxylation is 1. The number of rotatable bonds is 1. The summed E-state index contributed by atoms with van der Waals surface area (Å²) in [6.07, 6.45) is 2.43. The van der Waals surface area contributed by atoms with E-state index in [-0.39, 0.29) is 6.04 Å². The minimum atomic E-state index is 0.111. The normalized spacial score (nSPS) is 12.2. The van der Waals surface area contributed by atoms with Gasteiger partial charge in [-0.15, -0.1) is 0 Å². The van der Waals surface area contributed by atoms with Gasteiger partial charge in [-0.25, -0.2) is 4.98 Å². The second-order valence-electron chi connectivity index (χ2n) is 3.93. The van der Waals surface area contributed by atoms with E-state index in [1.807, 2.05) is 19.9 Å². The molecular formula is C12H14N4. The summed E-state index contributed by atoms with van der Waals surface area (Å²) in [5.74, 6) is 6.08. The average molecular weight is 214 g/mol. The predicted molar refractivity (Wildman–Crippen MR) is 63.8 cm³/mol. The number of aromatic amines is 1. The molecule has 0 spiro atoms. The van der Waals surface area contributed by atoms with Crippen LogP contribution in [0, 0.1) is 18.8 Å². The summed E-state index contributed by atoms with van der Waals surface area (Å²) in [6.45, 7) is 3.91. The zero-order chi connectivity index (χ0) is 11.5. The summed E-state index contributed by atoms with van der Waals surface area (Å²) < 4.78 is 0.